The molecule has 0 bridgehead atoms. The van der Waals surface area contributed by atoms with Gasteiger partial charge in [0.15, 0.2) is 5.75 Å². The van der Waals surface area contributed by atoms with E-state index in [9.17, 15) is 22.4 Å². The monoisotopic (exact) mass is 476 g/mol. The third-order valence-corrected chi connectivity index (χ3v) is 5.98. The van der Waals surface area contributed by atoms with Gasteiger partial charge in [-0.25, -0.2) is 9.18 Å². The standard InChI is InChI=1S/C22H21FN2O7S/c1-5-31-22(27)21-18(12-20(26)25(24-21)16-8-6-15(23)7-9-16)32-33(28,29)19-11-13(2)17(30-4)10-14(19)3/h6-12H,5H2,1-4H3. The van der Waals surface area contributed by atoms with Gasteiger partial charge in [0.1, 0.15) is 16.5 Å². The molecule has 0 aliphatic carbocycles. The van der Waals surface area contributed by atoms with Gasteiger partial charge in [0.2, 0.25) is 5.69 Å². The molecular formula is C22H21FN2O7S. The predicted molar refractivity (Wildman–Crippen MR) is 116 cm³/mol. The highest BCUT2D eigenvalue weighted by Gasteiger charge is 2.27. The Labute approximate surface area is 189 Å². The summed E-state index contributed by atoms with van der Waals surface area (Å²) < 4.78 is 55.4. The fraction of sp³-hybridized carbons (Fsp3) is 0.227. The lowest BCUT2D eigenvalue weighted by atomic mass is 10.1. The summed E-state index contributed by atoms with van der Waals surface area (Å²) in [7, 11) is -3.01. The molecule has 0 spiro atoms. The highest BCUT2D eigenvalue weighted by molar-refractivity contribution is 7.87. The van der Waals surface area contributed by atoms with Gasteiger partial charge in [0.05, 0.1) is 25.5 Å². The molecule has 0 saturated carbocycles. The second-order valence-electron chi connectivity index (χ2n) is 6.93. The fourth-order valence-electron chi connectivity index (χ4n) is 3.03. The van der Waals surface area contributed by atoms with Crippen LogP contribution in [0.2, 0.25) is 0 Å². The van der Waals surface area contributed by atoms with E-state index < -0.39 is 38.9 Å². The van der Waals surface area contributed by atoms with Crippen molar-refractivity contribution in [2.75, 3.05) is 13.7 Å². The molecule has 0 unspecified atom stereocenters. The summed E-state index contributed by atoms with van der Waals surface area (Å²) >= 11 is 0. The Balaban J connectivity index is 2.13. The summed E-state index contributed by atoms with van der Waals surface area (Å²) in [5.74, 6) is -1.64. The number of aromatic nitrogens is 2. The largest absolute Gasteiger partial charge is 0.496 e. The number of nitrogens with zero attached hydrogens (tertiary/aromatic N) is 2. The van der Waals surface area contributed by atoms with E-state index in [0.29, 0.717) is 16.9 Å². The number of hydrogen-bond acceptors (Lipinski definition) is 8. The third kappa shape index (κ3) is 5.03. The summed E-state index contributed by atoms with van der Waals surface area (Å²) in [6, 6.07) is 8.47. The number of esters is 1. The zero-order valence-corrected chi connectivity index (χ0v) is 19.1. The molecule has 174 valence electrons. The Kier molecular flexibility index (Phi) is 6.82. The fourth-order valence-corrected chi connectivity index (χ4v) is 4.26. The van der Waals surface area contributed by atoms with Crippen LogP contribution in [-0.4, -0.2) is 37.9 Å². The number of carbonyl (C=O) groups excluding carboxylic acids is 1. The lowest BCUT2D eigenvalue weighted by molar-refractivity contribution is 0.0515. The van der Waals surface area contributed by atoms with E-state index in [1.54, 1.807) is 20.8 Å². The second kappa shape index (κ2) is 9.41. The molecule has 0 atom stereocenters. The van der Waals surface area contributed by atoms with Crippen LogP contribution in [0.5, 0.6) is 11.5 Å². The zero-order chi connectivity index (χ0) is 24.3. The maximum Gasteiger partial charge on any atom is 0.362 e. The van der Waals surface area contributed by atoms with E-state index in [2.05, 4.69) is 5.10 Å². The molecular weight excluding hydrogens is 455 g/mol. The molecule has 0 radical (unpaired) electrons. The van der Waals surface area contributed by atoms with Crippen molar-refractivity contribution in [3.63, 3.8) is 0 Å². The van der Waals surface area contributed by atoms with Gasteiger partial charge in [0, 0.05) is 0 Å². The number of carbonyl (C=O) groups is 1. The Bertz CT molecular complexity index is 1370. The van der Waals surface area contributed by atoms with Crippen molar-refractivity contribution in [2.24, 2.45) is 0 Å². The van der Waals surface area contributed by atoms with Crippen molar-refractivity contribution >= 4 is 16.1 Å². The smallest absolute Gasteiger partial charge is 0.362 e. The quantitative estimate of drug-likeness (QED) is 0.378. The molecule has 0 fully saturated rings. The van der Waals surface area contributed by atoms with Crippen LogP contribution in [0, 0.1) is 19.7 Å². The van der Waals surface area contributed by atoms with Gasteiger partial charge in [-0.2, -0.15) is 18.2 Å². The Morgan fingerprint density at radius 3 is 2.33 bits per heavy atom. The summed E-state index contributed by atoms with van der Waals surface area (Å²) in [5, 5.41) is 3.93. The maximum atomic E-state index is 13.3. The van der Waals surface area contributed by atoms with Crippen LogP contribution >= 0.6 is 0 Å². The molecule has 3 aromatic rings. The van der Waals surface area contributed by atoms with Crippen LogP contribution in [-0.2, 0) is 14.9 Å². The number of methoxy groups -OCH3 is 1. The minimum Gasteiger partial charge on any atom is -0.496 e. The molecule has 33 heavy (non-hydrogen) atoms. The highest BCUT2D eigenvalue weighted by atomic mass is 32.2. The summed E-state index contributed by atoms with van der Waals surface area (Å²) in [4.78, 5) is 25.0. The number of hydrogen-bond donors (Lipinski definition) is 0. The van der Waals surface area contributed by atoms with Crippen LogP contribution in [0.15, 0.2) is 52.2 Å². The van der Waals surface area contributed by atoms with Gasteiger partial charge in [0.25, 0.3) is 5.56 Å². The van der Waals surface area contributed by atoms with Crippen molar-refractivity contribution < 1.29 is 31.3 Å². The topological polar surface area (TPSA) is 114 Å². The lowest BCUT2D eigenvalue weighted by Crippen LogP contribution is -2.26. The lowest BCUT2D eigenvalue weighted by Gasteiger charge is -2.15. The zero-order valence-electron chi connectivity index (χ0n) is 18.3. The van der Waals surface area contributed by atoms with Gasteiger partial charge < -0.3 is 13.7 Å². The van der Waals surface area contributed by atoms with Gasteiger partial charge >= 0.3 is 16.1 Å². The Morgan fingerprint density at radius 1 is 1.06 bits per heavy atom. The van der Waals surface area contributed by atoms with Gasteiger partial charge in [-0.1, -0.05) is 0 Å². The molecule has 9 nitrogen and oxygen atoms in total. The SMILES string of the molecule is CCOC(=O)c1nn(-c2ccc(F)cc2)c(=O)cc1OS(=O)(=O)c1cc(C)c(OC)cc1C. The van der Waals surface area contributed by atoms with Crippen LogP contribution in [0.1, 0.15) is 28.5 Å². The predicted octanol–water partition coefficient (Wildman–Crippen LogP) is 2.94. The van der Waals surface area contributed by atoms with E-state index in [4.69, 9.17) is 13.7 Å². The van der Waals surface area contributed by atoms with Crippen LogP contribution < -0.4 is 14.5 Å². The van der Waals surface area contributed by atoms with Crippen LogP contribution in [0.3, 0.4) is 0 Å². The van der Waals surface area contributed by atoms with Gasteiger partial charge in [-0.05, 0) is 68.3 Å². The molecule has 1 aromatic heterocycles. The average Bonchev–Trinajstić information content (AvgIpc) is 2.75. The molecule has 11 heteroatoms. The van der Waals surface area contributed by atoms with Crippen molar-refractivity contribution in [1.29, 1.82) is 0 Å². The van der Waals surface area contributed by atoms with Crippen LogP contribution in [0.25, 0.3) is 5.69 Å². The summed E-state index contributed by atoms with van der Waals surface area (Å²) in [6.45, 7) is 4.73. The minimum atomic E-state index is -4.46. The van der Waals surface area contributed by atoms with E-state index in [0.717, 1.165) is 22.9 Å². The number of rotatable bonds is 7. The van der Waals surface area contributed by atoms with Crippen LogP contribution in [0.4, 0.5) is 4.39 Å². The number of halogens is 1. The first kappa shape index (κ1) is 23.9. The number of aryl methyl sites for hydroxylation is 2. The summed E-state index contributed by atoms with van der Waals surface area (Å²) in [5.41, 5.74) is -0.304. The van der Waals surface area contributed by atoms with Crippen molar-refractivity contribution in [3.8, 4) is 17.2 Å². The summed E-state index contributed by atoms with van der Waals surface area (Å²) in [6.07, 6.45) is 0. The van der Waals surface area contributed by atoms with Gasteiger partial charge in [-0.3, -0.25) is 4.79 Å². The maximum absolute atomic E-state index is 13.3. The second-order valence-corrected chi connectivity index (χ2v) is 8.44. The highest BCUT2D eigenvalue weighted by Crippen LogP contribution is 2.28. The van der Waals surface area contributed by atoms with Gasteiger partial charge in [-0.15, -0.1) is 0 Å². The molecule has 0 N–H and O–H groups in total. The first-order valence-corrected chi connectivity index (χ1v) is 11.2. The first-order chi connectivity index (χ1) is 15.6. The molecule has 0 saturated heterocycles. The van der Waals surface area contributed by atoms with Crippen molar-refractivity contribution in [3.05, 3.63) is 75.5 Å². The molecule has 0 aliphatic heterocycles. The van der Waals surface area contributed by atoms with E-state index in [-0.39, 0.29) is 17.2 Å². The van der Waals surface area contributed by atoms with Crippen molar-refractivity contribution in [2.45, 2.75) is 25.7 Å². The normalized spacial score (nSPS) is 11.2. The number of benzene rings is 2. The average molecular weight is 476 g/mol. The molecule has 3 rings (SSSR count). The minimum absolute atomic E-state index is 0.0286. The molecule has 2 aromatic carbocycles. The molecule has 0 amide bonds. The van der Waals surface area contributed by atoms with Crippen molar-refractivity contribution in [1.82, 2.24) is 9.78 Å². The number of ether oxygens (including phenoxy) is 2. The van der Waals surface area contributed by atoms with E-state index in [1.807, 2.05) is 0 Å². The molecule has 1 heterocycles. The Hall–Kier alpha value is -3.73. The molecule has 0 aliphatic rings. The van der Waals surface area contributed by atoms with E-state index >= 15 is 0 Å². The third-order valence-electron chi connectivity index (χ3n) is 4.60. The van der Waals surface area contributed by atoms with E-state index in [1.165, 1.54) is 31.4 Å². The Morgan fingerprint density at radius 2 is 1.73 bits per heavy atom. The first-order valence-electron chi connectivity index (χ1n) is 9.74.